The van der Waals surface area contributed by atoms with Crippen LogP contribution in [0.25, 0.3) is 0 Å². The Balaban J connectivity index is 4.51. The molecule has 0 aliphatic heterocycles. The summed E-state index contributed by atoms with van der Waals surface area (Å²) in [5, 5.41) is 20.7. The number of ether oxygens (including phenoxy) is 3. The molecule has 0 aromatic heterocycles. The van der Waals surface area contributed by atoms with Crippen LogP contribution in [-0.2, 0) is 55.8 Å². The van der Waals surface area contributed by atoms with E-state index in [2.05, 4.69) is 130 Å². The summed E-state index contributed by atoms with van der Waals surface area (Å²) < 4.78 is 61.3. The largest absolute Gasteiger partial charge is 0.472 e. The van der Waals surface area contributed by atoms with Gasteiger partial charge >= 0.3 is 33.6 Å². The van der Waals surface area contributed by atoms with Crippen LogP contribution in [0.2, 0.25) is 0 Å². The average Bonchev–Trinajstić information content (AvgIpc) is 0.913. The van der Waals surface area contributed by atoms with Gasteiger partial charge in [-0.15, -0.1) is 0 Å². The minimum Gasteiger partial charge on any atom is -0.463 e. The molecule has 0 spiro atoms. The summed E-state index contributed by atoms with van der Waals surface area (Å²) in [5.74, 6) is -1.56. The van der Waals surface area contributed by atoms with Crippen LogP contribution in [0.15, 0.2) is 109 Å². The van der Waals surface area contributed by atoms with Gasteiger partial charge in [0, 0.05) is 19.3 Å². The Morgan fingerprint density at radius 3 is 0.804 bits per heavy atom. The third-order valence-corrected chi connectivity index (χ3v) is 20.4. The van der Waals surface area contributed by atoms with Crippen molar-refractivity contribution in [1.29, 1.82) is 0 Å². The number of hydrogen-bond acceptors (Lipinski definition) is 14. The Hall–Kier alpha value is -3.79. The van der Waals surface area contributed by atoms with Crippen molar-refractivity contribution < 1.29 is 75.8 Å². The van der Waals surface area contributed by atoms with Crippen LogP contribution in [0.5, 0.6) is 0 Å². The number of aliphatic hydroxyl groups excluding tert-OH is 2. The van der Waals surface area contributed by atoms with Gasteiger partial charge in [0.1, 0.15) is 25.4 Å². The van der Waals surface area contributed by atoms with E-state index in [4.69, 9.17) is 32.3 Å². The first-order valence-corrected chi connectivity index (χ1v) is 46.2. The maximum atomic E-state index is 13.0. The zero-order valence-corrected chi connectivity index (χ0v) is 69.8. The van der Waals surface area contributed by atoms with E-state index in [0.717, 1.165) is 135 Å². The zero-order valence-electron chi connectivity index (χ0n) is 68.0. The summed E-state index contributed by atoms with van der Waals surface area (Å²) in [5.41, 5.74) is 0. The van der Waals surface area contributed by atoms with Crippen LogP contribution in [-0.4, -0.2) is 95.9 Å². The van der Waals surface area contributed by atoms with Gasteiger partial charge in [-0.1, -0.05) is 361 Å². The minimum atomic E-state index is -4.93. The molecular formula is C89H158O16P2. The fraction of sp³-hybridized carbons (Fsp3) is 0.764. The number of allylic oxidation sites excluding steroid dienone is 18. The van der Waals surface area contributed by atoms with Gasteiger partial charge in [-0.2, -0.15) is 0 Å². The summed E-state index contributed by atoms with van der Waals surface area (Å²) in [7, 11) is -9.79. The lowest BCUT2D eigenvalue weighted by atomic mass is 10.0. The molecule has 0 aromatic carbocycles. The molecule has 0 amide bonds. The lowest BCUT2D eigenvalue weighted by molar-refractivity contribution is -0.161. The highest BCUT2D eigenvalue weighted by Crippen LogP contribution is 2.45. The Morgan fingerprint density at radius 1 is 0.271 bits per heavy atom. The van der Waals surface area contributed by atoms with Gasteiger partial charge in [0.05, 0.1) is 26.4 Å². The Morgan fingerprint density at radius 2 is 0.495 bits per heavy atom. The monoisotopic (exact) mass is 1550 g/mol. The lowest BCUT2D eigenvalue weighted by Gasteiger charge is -2.21. The number of phosphoric ester groups is 2. The number of aliphatic hydroxyl groups is 2. The quantitative estimate of drug-likeness (QED) is 0.0146. The van der Waals surface area contributed by atoms with Crippen LogP contribution in [0.3, 0.4) is 0 Å². The van der Waals surface area contributed by atoms with E-state index < -0.39 is 91.5 Å². The molecule has 5 unspecified atom stereocenters. The van der Waals surface area contributed by atoms with Crippen LogP contribution in [0.1, 0.15) is 380 Å². The smallest absolute Gasteiger partial charge is 0.463 e. The van der Waals surface area contributed by atoms with Crippen molar-refractivity contribution in [3.8, 4) is 0 Å². The molecule has 0 aromatic rings. The van der Waals surface area contributed by atoms with E-state index in [1.165, 1.54) is 186 Å². The molecule has 5 atom stereocenters. The highest BCUT2D eigenvalue weighted by atomic mass is 31.2. The summed E-state index contributed by atoms with van der Waals surface area (Å²) in [4.78, 5) is 58.8. The molecule has 0 aliphatic rings. The number of hydrogen-bond donors (Lipinski definition) is 4. The van der Waals surface area contributed by atoms with Crippen LogP contribution < -0.4 is 0 Å². The van der Waals surface area contributed by atoms with Crippen molar-refractivity contribution in [2.24, 2.45) is 0 Å². The van der Waals surface area contributed by atoms with Gasteiger partial charge in [-0.25, -0.2) is 9.13 Å². The van der Waals surface area contributed by atoms with Gasteiger partial charge in [-0.3, -0.25) is 32.5 Å². The average molecular weight is 1550 g/mol. The molecule has 0 saturated carbocycles. The second-order valence-corrected chi connectivity index (χ2v) is 31.9. The lowest BCUT2D eigenvalue weighted by Crippen LogP contribution is -2.30. The Labute approximate surface area is 653 Å². The molecule has 16 nitrogen and oxygen atoms in total. The van der Waals surface area contributed by atoms with Crippen molar-refractivity contribution in [1.82, 2.24) is 0 Å². The first-order valence-electron chi connectivity index (χ1n) is 43.2. The summed E-state index contributed by atoms with van der Waals surface area (Å²) in [6, 6.07) is 0. The summed E-state index contributed by atoms with van der Waals surface area (Å²) in [6.07, 6.45) is 97.0. The summed E-state index contributed by atoms with van der Waals surface area (Å²) >= 11 is 0. The second-order valence-electron chi connectivity index (χ2n) is 29.0. The SMILES string of the molecule is CC/C=C\C/C=C\C/C=C\C/C=C\C/C=C\CCCCCCCCCCCCCC(=O)OCC(COP(=O)(O)OCC(O)COP(=O)(O)OCC(O)COC(=O)CCCCCCCCCCCCCCC/C=C\C/C=C\C/C=C\C/C=C\CCCCC)OC(=O)CCCCCCCCCCCCCCCCC. The molecule has 0 fully saturated rings. The molecule has 0 saturated heterocycles. The molecule has 0 bridgehead atoms. The third kappa shape index (κ3) is 83.0. The number of carbonyl (C=O) groups is 3. The first-order chi connectivity index (χ1) is 52.2. The fourth-order valence-electron chi connectivity index (χ4n) is 11.9. The van der Waals surface area contributed by atoms with Crippen molar-refractivity contribution >= 4 is 33.6 Å². The molecule has 4 N–H and O–H groups in total. The molecule has 107 heavy (non-hydrogen) atoms. The second kappa shape index (κ2) is 81.7. The van der Waals surface area contributed by atoms with Gasteiger partial charge < -0.3 is 34.2 Å². The minimum absolute atomic E-state index is 0.108. The molecule has 0 rings (SSSR count). The molecule has 0 heterocycles. The van der Waals surface area contributed by atoms with Crippen LogP contribution in [0.4, 0.5) is 0 Å². The highest BCUT2D eigenvalue weighted by Gasteiger charge is 2.29. The molecule has 620 valence electrons. The van der Waals surface area contributed by atoms with Gasteiger partial charge in [0.2, 0.25) is 0 Å². The number of rotatable bonds is 82. The van der Waals surface area contributed by atoms with Gasteiger partial charge in [0.15, 0.2) is 6.10 Å². The van der Waals surface area contributed by atoms with E-state index >= 15 is 0 Å². The van der Waals surface area contributed by atoms with E-state index in [1.807, 2.05) is 0 Å². The van der Waals surface area contributed by atoms with Gasteiger partial charge in [0.25, 0.3) is 0 Å². The number of esters is 3. The third-order valence-electron chi connectivity index (χ3n) is 18.5. The van der Waals surface area contributed by atoms with Gasteiger partial charge in [-0.05, 0) is 109 Å². The zero-order chi connectivity index (χ0) is 78.0. The maximum absolute atomic E-state index is 13.0. The standard InChI is InChI=1S/C89H158O16P2/c1-4-7-10-13-16-19-22-25-28-30-32-34-36-38-40-41-43-45-46-48-50-52-55-57-60-63-66-69-72-75-87(92)99-78-84(90)79-101-106(95,96)102-80-85(91)81-103-107(97,98)104-83-86(105-89(94)77-74-71-68-65-62-59-54-27-24-21-18-15-12-9-6-3)82-100-88(93)76-73-70-67-64-61-58-56-53-51-49-47-44-42-39-37-35-33-31-29-26-23-20-17-14-11-8-5-2/h8,11,16-17,19-20,25-26,28-29,32-35,38-40,42,84-86,90-91H,4-7,9-10,12-15,18,21-24,27,30-31,36-37,41,43-83H2,1-3H3,(H,95,96)(H,97,98)/b11-8-,19-16-,20-17-,28-25-,29-26-,34-32-,35-33-,40-38-,42-39-. The fourth-order valence-corrected chi connectivity index (χ4v) is 13.5. The first kappa shape index (κ1) is 103. The molecule has 18 heteroatoms. The van der Waals surface area contributed by atoms with E-state index in [9.17, 15) is 43.5 Å². The highest BCUT2D eigenvalue weighted by molar-refractivity contribution is 7.47. The topological polar surface area (TPSA) is 231 Å². The van der Waals surface area contributed by atoms with E-state index in [1.54, 1.807) is 0 Å². The Kier molecular flexibility index (Phi) is 78.8. The Bertz CT molecular complexity index is 2380. The number of unbranched alkanes of at least 4 members (excludes halogenated alkanes) is 41. The predicted molar refractivity (Wildman–Crippen MR) is 445 cm³/mol. The van der Waals surface area contributed by atoms with E-state index in [-0.39, 0.29) is 19.3 Å². The molecular weight excluding hydrogens is 1390 g/mol. The van der Waals surface area contributed by atoms with Crippen molar-refractivity contribution in [3.63, 3.8) is 0 Å². The maximum Gasteiger partial charge on any atom is 0.472 e. The van der Waals surface area contributed by atoms with Crippen LogP contribution in [0, 0.1) is 0 Å². The molecule has 0 radical (unpaired) electrons. The number of phosphoric acid groups is 2. The van der Waals surface area contributed by atoms with Crippen molar-refractivity contribution in [2.75, 3.05) is 39.6 Å². The number of carbonyl (C=O) groups excluding carboxylic acids is 3. The summed E-state index contributed by atoms with van der Waals surface area (Å²) in [6.45, 7) is 2.60. The van der Waals surface area contributed by atoms with Crippen LogP contribution >= 0.6 is 15.6 Å². The predicted octanol–water partition coefficient (Wildman–Crippen LogP) is 25.9. The van der Waals surface area contributed by atoms with Crippen molar-refractivity contribution in [3.05, 3.63) is 109 Å². The van der Waals surface area contributed by atoms with Crippen molar-refractivity contribution in [2.45, 2.75) is 399 Å². The molecule has 0 aliphatic carbocycles. The van der Waals surface area contributed by atoms with E-state index in [0.29, 0.717) is 19.3 Å². The normalized spacial score (nSPS) is 14.4.